The summed E-state index contributed by atoms with van der Waals surface area (Å²) in [6.07, 6.45) is 1.75. The minimum atomic E-state index is -0.239. The van der Waals surface area contributed by atoms with Crippen molar-refractivity contribution in [2.45, 2.75) is 25.0 Å². The number of hydrogen-bond donors (Lipinski definition) is 0. The molecule has 0 aliphatic carbocycles. The van der Waals surface area contributed by atoms with E-state index in [-0.39, 0.29) is 35.9 Å². The quantitative estimate of drug-likeness (QED) is 0.699. The van der Waals surface area contributed by atoms with Crippen LogP contribution in [0.2, 0.25) is 0 Å². The number of hydrogen-bond acceptors (Lipinski definition) is 3. The summed E-state index contributed by atoms with van der Waals surface area (Å²) in [4.78, 5) is 26.2. The summed E-state index contributed by atoms with van der Waals surface area (Å²) in [5, 5.41) is 0. The highest BCUT2D eigenvalue weighted by molar-refractivity contribution is 6.22. The average Bonchev–Trinajstić information content (AvgIpc) is 3.05. The van der Waals surface area contributed by atoms with Crippen LogP contribution in [-0.4, -0.2) is 24.0 Å². The lowest BCUT2D eigenvalue weighted by Crippen LogP contribution is -2.34. The minimum Gasteiger partial charge on any atom is -0.373 e. The monoisotopic (exact) mass is 243 g/mol. The Hall–Kier alpha value is -1.68. The molecule has 4 heteroatoms. The maximum atomic E-state index is 12.4. The van der Waals surface area contributed by atoms with E-state index in [4.69, 9.17) is 4.74 Å². The first-order chi connectivity index (χ1) is 8.77. The molecule has 0 spiro atoms. The Morgan fingerprint density at radius 3 is 2.06 bits per heavy atom. The Morgan fingerprint density at radius 1 is 0.944 bits per heavy atom. The second-order valence-electron chi connectivity index (χ2n) is 5.19. The molecule has 3 aliphatic rings. The Labute approximate surface area is 105 Å². The van der Waals surface area contributed by atoms with Crippen LogP contribution >= 0.6 is 0 Å². The number of carbonyl (C=O) groups is 2. The van der Waals surface area contributed by atoms with Gasteiger partial charge >= 0.3 is 0 Å². The second kappa shape index (κ2) is 3.42. The van der Waals surface area contributed by atoms with Gasteiger partial charge < -0.3 is 4.74 Å². The fourth-order valence-electron chi connectivity index (χ4n) is 3.54. The Kier molecular flexibility index (Phi) is 1.95. The highest BCUT2D eigenvalue weighted by Gasteiger charge is 2.62. The molecule has 18 heavy (non-hydrogen) atoms. The predicted molar refractivity (Wildman–Crippen MR) is 63.8 cm³/mol. The van der Waals surface area contributed by atoms with Gasteiger partial charge in [0.25, 0.3) is 0 Å². The van der Waals surface area contributed by atoms with Crippen LogP contribution < -0.4 is 4.90 Å². The zero-order chi connectivity index (χ0) is 12.3. The van der Waals surface area contributed by atoms with Crippen LogP contribution in [0.25, 0.3) is 0 Å². The van der Waals surface area contributed by atoms with Crippen LogP contribution in [0.3, 0.4) is 0 Å². The summed E-state index contributed by atoms with van der Waals surface area (Å²) in [6, 6.07) is 9.17. The summed E-state index contributed by atoms with van der Waals surface area (Å²) in [6.45, 7) is 0. The lowest BCUT2D eigenvalue weighted by atomic mass is 9.81. The van der Waals surface area contributed by atoms with Gasteiger partial charge in [-0.25, -0.2) is 4.90 Å². The smallest absolute Gasteiger partial charge is 0.240 e. The number of rotatable bonds is 1. The fourth-order valence-corrected chi connectivity index (χ4v) is 3.54. The molecule has 4 nitrogen and oxygen atoms in total. The molecule has 4 rings (SSSR count). The average molecular weight is 243 g/mol. The van der Waals surface area contributed by atoms with Gasteiger partial charge in [-0.05, 0) is 25.0 Å². The first kappa shape index (κ1) is 10.3. The molecule has 4 unspecified atom stereocenters. The summed E-state index contributed by atoms with van der Waals surface area (Å²) in [5.41, 5.74) is 0.682. The molecule has 3 saturated heterocycles. The van der Waals surface area contributed by atoms with E-state index >= 15 is 0 Å². The molecule has 3 fully saturated rings. The zero-order valence-corrected chi connectivity index (χ0v) is 9.78. The minimum absolute atomic E-state index is 0.0369. The summed E-state index contributed by atoms with van der Waals surface area (Å²) in [7, 11) is 0. The van der Waals surface area contributed by atoms with Crippen molar-refractivity contribution in [1.82, 2.24) is 0 Å². The molecule has 0 aromatic heterocycles. The number of amides is 2. The molecule has 0 N–H and O–H groups in total. The van der Waals surface area contributed by atoms with Crippen LogP contribution in [0.5, 0.6) is 0 Å². The van der Waals surface area contributed by atoms with Crippen LogP contribution in [0.15, 0.2) is 30.3 Å². The van der Waals surface area contributed by atoms with Crippen LogP contribution in [0, 0.1) is 11.8 Å². The fraction of sp³-hybridized carbons (Fsp3) is 0.429. The molecule has 92 valence electrons. The number of fused-ring (bicyclic) bond motifs is 5. The molecule has 0 radical (unpaired) electrons. The SMILES string of the molecule is O=C1C2C3CCC(O3)C2C(=O)N1c1ccccc1. The van der Waals surface area contributed by atoms with E-state index in [2.05, 4.69) is 0 Å². The molecular formula is C14H13NO3. The number of anilines is 1. The van der Waals surface area contributed by atoms with Crippen molar-refractivity contribution in [1.29, 1.82) is 0 Å². The van der Waals surface area contributed by atoms with Gasteiger partial charge in [-0.3, -0.25) is 9.59 Å². The van der Waals surface area contributed by atoms with Crippen molar-refractivity contribution in [3.05, 3.63) is 30.3 Å². The zero-order valence-electron chi connectivity index (χ0n) is 9.78. The number of para-hydroxylation sites is 1. The summed E-state index contributed by atoms with van der Waals surface area (Å²) < 4.78 is 5.70. The van der Waals surface area contributed by atoms with Crippen LogP contribution in [0.4, 0.5) is 5.69 Å². The van der Waals surface area contributed by atoms with E-state index in [0.717, 1.165) is 12.8 Å². The molecule has 2 bridgehead atoms. The number of nitrogens with zero attached hydrogens (tertiary/aromatic N) is 1. The highest BCUT2D eigenvalue weighted by atomic mass is 16.5. The molecule has 1 aromatic rings. The van der Waals surface area contributed by atoms with Gasteiger partial charge in [0.05, 0.1) is 29.7 Å². The van der Waals surface area contributed by atoms with Gasteiger partial charge in [-0.1, -0.05) is 18.2 Å². The highest BCUT2D eigenvalue weighted by Crippen LogP contribution is 2.49. The van der Waals surface area contributed by atoms with Crippen molar-refractivity contribution in [2.24, 2.45) is 11.8 Å². The molecule has 4 atom stereocenters. The molecule has 1 aromatic carbocycles. The van der Waals surface area contributed by atoms with E-state index in [1.165, 1.54) is 4.90 Å². The van der Waals surface area contributed by atoms with Crippen molar-refractivity contribution in [2.75, 3.05) is 4.90 Å². The lowest BCUT2D eigenvalue weighted by Gasteiger charge is -2.17. The Balaban J connectivity index is 1.76. The number of ether oxygens (including phenoxy) is 1. The summed E-state index contributed by atoms with van der Waals surface area (Å²) >= 11 is 0. The standard InChI is InChI=1S/C14H13NO3/c16-13-11-9-6-7-10(18-9)12(11)14(17)15(13)8-4-2-1-3-5-8/h1-5,9-12H,6-7H2. The molecular weight excluding hydrogens is 230 g/mol. The van der Waals surface area contributed by atoms with Crippen molar-refractivity contribution < 1.29 is 14.3 Å². The van der Waals surface area contributed by atoms with Gasteiger partial charge in [-0.2, -0.15) is 0 Å². The van der Waals surface area contributed by atoms with Crippen LogP contribution in [-0.2, 0) is 14.3 Å². The van der Waals surface area contributed by atoms with Crippen LogP contribution in [0.1, 0.15) is 12.8 Å². The Morgan fingerprint density at radius 2 is 1.50 bits per heavy atom. The van der Waals surface area contributed by atoms with E-state index in [1.807, 2.05) is 18.2 Å². The van der Waals surface area contributed by atoms with Gasteiger partial charge in [0, 0.05) is 0 Å². The topological polar surface area (TPSA) is 46.6 Å². The van der Waals surface area contributed by atoms with Gasteiger partial charge in [0.1, 0.15) is 0 Å². The number of carbonyl (C=O) groups excluding carboxylic acids is 2. The van der Waals surface area contributed by atoms with Crippen molar-refractivity contribution >= 4 is 17.5 Å². The first-order valence-corrected chi connectivity index (χ1v) is 6.36. The first-order valence-electron chi connectivity index (χ1n) is 6.36. The molecule has 3 heterocycles. The Bertz CT molecular complexity index is 499. The summed E-state index contributed by atoms with van der Waals surface area (Å²) in [5.74, 6) is -0.639. The van der Waals surface area contributed by atoms with Crippen molar-refractivity contribution in [3.8, 4) is 0 Å². The number of benzene rings is 1. The maximum absolute atomic E-state index is 12.4. The van der Waals surface area contributed by atoms with E-state index < -0.39 is 0 Å². The largest absolute Gasteiger partial charge is 0.373 e. The van der Waals surface area contributed by atoms with E-state index in [0.29, 0.717) is 5.69 Å². The van der Waals surface area contributed by atoms with E-state index in [1.54, 1.807) is 12.1 Å². The van der Waals surface area contributed by atoms with Crippen molar-refractivity contribution in [3.63, 3.8) is 0 Å². The lowest BCUT2D eigenvalue weighted by molar-refractivity contribution is -0.124. The molecule has 0 saturated carbocycles. The normalized spacial score (nSPS) is 37.4. The molecule has 2 amide bonds. The van der Waals surface area contributed by atoms with E-state index in [9.17, 15) is 9.59 Å². The van der Waals surface area contributed by atoms with Gasteiger partial charge in [-0.15, -0.1) is 0 Å². The third-order valence-corrected chi connectivity index (χ3v) is 4.30. The second-order valence-corrected chi connectivity index (χ2v) is 5.19. The van der Waals surface area contributed by atoms with Gasteiger partial charge in [0.15, 0.2) is 0 Å². The molecule has 3 aliphatic heterocycles. The third kappa shape index (κ3) is 1.13. The number of imide groups is 1. The third-order valence-electron chi connectivity index (χ3n) is 4.30. The maximum Gasteiger partial charge on any atom is 0.240 e. The predicted octanol–water partition coefficient (Wildman–Crippen LogP) is 1.35. The van der Waals surface area contributed by atoms with Gasteiger partial charge in [0.2, 0.25) is 11.8 Å².